The zero-order chi connectivity index (χ0) is 13.3. The maximum absolute atomic E-state index is 13.3. The van der Waals surface area contributed by atoms with Crippen LogP contribution in [0.3, 0.4) is 0 Å². The van der Waals surface area contributed by atoms with Crippen LogP contribution in [-0.4, -0.2) is 25.5 Å². The number of carbonyl (C=O) groups is 1. The Hall–Kier alpha value is -1.49. The second-order valence-corrected chi connectivity index (χ2v) is 4.70. The van der Waals surface area contributed by atoms with Gasteiger partial charge in [-0.15, -0.1) is 0 Å². The Morgan fingerprint density at radius 2 is 2.33 bits per heavy atom. The number of nitrogens with one attached hydrogen (secondary N) is 1. The molecule has 1 aliphatic heterocycles. The third-order valence-electron chi connectivity index (χ3n) is 3.18. The Labute approximate surface area is 110 Å². The molecule has 1 aliphatic rings. The minimum Gasteiger partial charge on any atom is -0.397 e. The lowest BCUT2D eigenvalue weighted by atomic mass is 10.1. The summed E-state index contributed by atoms with van der Waals surface area (Å²) in [7, 11) is 1.60. The van der Waals surface area contributed by atoms with Crippen molar-refractivity contribution in [2.45, 2.75) is 18.9 Å². The van der Waals surface area contributed by atoms with Crippen LogP contribution in [0.4, 0.5) is 15.8 Å². The molecule has 1 atom stereocenters. The van der Waals surface area contributed by atoms with Gasteiger partial charge in [-0.05, 0) is 18.9 Å². The number of likely N-dealkylation sites (N-methyl/N-ethyl adjacent to an activating group) is 1. The van der Waals surface area contributed by atoms with Crippen molar-refractivity contribution in [2.75, 3.05) is 24.2 Å². The Kier molecular flexibility index (Phi) is 3.61. The minimum absolute atomic E-state index is 0.0155. The van der Waals surface area contributed by atoms with Crippen LogP contribution in [0.25, 0.3) is 0 Å². The van der Waals surface area contributed by atoms with Gasteiger partial charge in [0.05, 0.1) is 16.4 Å². The summed E-state index contributed by atoms with van der Waals surface area (Å²) in [6.07, 6.45) is 1.65. The van der Waals surface area contributed by atoms with E-state index < -0.39 is 5.82 Å². The summed E-state index contributed by atoms with van der Waals surface area (Å²) >= 11 is 5.77. The summed E-state index contributed by atoms with van der Waals surface area (Å²) in [4.78, 5) is 13.6. The number of benzene rings is 1. The molecule has 1 heterocycles. The van der Waals surface area contributed by atoms with Crippen LogP contribution in [0.5, 0.6) is 0 Å². The second-order valence-electron chi connectivity index (χ2n) is 4.29. The van der Waals surface area contributed by atoms with Gasteiger partial charge in [0, 0.05) is 19.7 Å². The summed E-state index contributed by atoms with van der Waals surface area (Å²) in [5, 5.41) is 2.64. The van der Waals surface area contributed by atoms with E-state index in [1.165, 1.54) is 12.1 Å². The van der Waals surface area contributed by atoms with Gasteiger partial charge >= 0.3 is 0 Å². The van der Waals surface area contributed by atoms with Crippen LogP contribution in [0.1, 0.15) is 12.8 Å². The van der Waals surface area contributed by atoms with Crippen molar-refractivity contribution in [3.05, 3.63) is 23.0 Å². The van der Waals surface area contributed by atoms with Gasteiger partial charge in [0.1, 0.15) is 11.9 Å². The Bertz CT molecular complexity index is 481. The first-order valence-electron chi connectivity index (χ1n) is 5.77. The summed E-state index contributed by atoms with van der Waals surface area (Å²) in [6, 6.07) is 2.41. The van der Waals surface area contributed by atoms with E-state index >= 15 is 0 Å². The molecule has 0 spiro atoms. The quantitative estimate of drug-likeness (QED) is 0.806. The number of halogens is 2. The van der Waals surface area contributed by atoms with Gasteiger partial charge in [0.2, 0.25) is 5.91 Å². The van der Waals surface area contributed by atoms with Gasteiger partial charge in [-0.2, -0.15) is 0 Å². The Morgan fingerprint density at radius 3 is 3.00 bits per heavy atom. The lowest BCUT2D eigenvalue weighted by molar-refractivity contribution is -0.121. The maximum Gasteiger partial charge on any atom is 0.242 e. The standard InChI is InChI=1S/C12H15ClFN3O/c1-16-12(18)10-3-2-4-17(10)11-5-7(13)8(14)6-9(11)15/h5-6,10H,2-4,15H2,1H3,(H,16,18). The van der Waals surface area contributed by atoms with Gasteiger partial charge in [0.15, 0.2) is 0 Å². The summed E-state index contributed by atoms with van der Waals surface area (Å²) < 4.78 is 13.3. The summed E-state index contributed by atoms with van der Waals surface area (Å²) in [5.41, 5.74) is 6.72. The molecular formula is C12H15ClFN3O. The molecule has 1 amide bonds. The normalized spacial score (nSPS) is 19.1. The van der Waals surface area contributed by atoms with Crippen molar-refractivity contribution in [3.8, 4) is 0 Å². The molecule has 1 aromatic rings. The highest BCUT2D eigenvalue weighted by Crippen LogP contribution is 2.34. The molecule has 4 nitrogen and oxygen atoms in total. The predicted octanol–water partition coefficient (Wildman–Crippen LogP) is 1.78. The van der Waals surface area contributed by atoms with Gasteiger partial charge < -0.3 is 16.0 Å². The molecule has 0 aromatic heterocycles. The Morgan fingerprint density at radius 1 is 1.61 bits per heavy atom. The van der Waals surface area contributed by atoms with E-state index in [9.17, 15) is 9.18 Å². The molecule has 0 bridgehead atoms. The molecule has 3 N–H and O–H groups in total. The van der Waals surface area contributed by atoms with Gasteiger partial charge in [-0.25, -0.2) is 4.39 Å². The molecule has 0 saturated carbocycles. The lowest BCUT2D eigenvalue weighted by Crippen LogP contribution is -2.42. The average Bonchev–Trinajstić information content (AvgIpc) is 2.81. The highest BCUT2D eigenvalue weighted by molar-refractivity contribution is 6.31. The number of nitrogen functional groups attached to an aromatic ring is 1. The number of rotatable bonds is 2. The zero-order valence-electron chi connectivity index (χ0n) is 10.0. The summed E-state index contributed by atoms with van der Waals surface area (Å²) in [6.45, 7) is 0.713. The van der Waals surface area contributed by atoms with Gasteiger partial charge in [-0.1, -0.05) is 11.6 Å². The zero-order valence-corrected chi connectivity index (χ0v) is 10.8. The van der Waals surface area contributed by atoms with E-state index in [0.717, 1.165) is 12.8 Å². The molecule has 18 heavy (non-hydrogen) atoms. The van der Waals surface area contributed by atoms with Crippen LogP contribution in [0.15, 0.2) is 12.1 Å². The van der Waals surface area contributed by atoms with Crippen molar-refractivity contribution in [3.63, 3.8) is 0 Å². The van der Waals surface area contributed by atoms with E-state index in [0.29, 0.717) is 17.9 Å². The van der Waals surface area contributed by atoms with Gasteiger partial charge in [-0.3, -0.25) is 4.79 Å². The van der Waals surface area contributed by atoms with E-state index in [1.54, 1.807) is 7.05 Å². The van der Waals surface area contributed by atoms with Crippen LogP contribution >= 0.6 is 11.6 Å². The van der Waals surface area contributed by atoms with Crippen LogP contribution in [0, 0.1) is 5.82 Å². The fourth-order valence-corrected chi connectivity index (χ4v) is 2.45. The minimum atomic E-state index is -0.548. The first kappa shape index (κ1) is 13.0. The number of amides is 1. The molecule has 0 radical (unpaired) electrons. The fourth-order valence-electron chi connectivity index (χ4n) is 2.29. The molecule has 0 aliphatic carbocycles. The monoisotopic (exact) mass is 271 g/mol. The van der Waals surface area contributed by atoms with Crippen LogP contribution < -0.4 is 16.0 Å². The van der Waals surface area contributed by atoms with Crippen molar-refractivity contribution in [1.29, 1.82) is 0 Å². The average molecular weight is 272 g/mol. The number of nitrogens with two attached hydrogens (primary N) is 1. The molecule has 1 aromatic carbocycles. The van der Waals surface area contributed by atoms with E-state index in [4.69, 9.17) is 17.3 Å². The number of hydrogen-bond acceptors (Lipinski definition) is 3. The summed E-state index contributed by atoms with van der Waals surface area (Å²) in [5.74, 6) is -0.610. The van der Waals surface area contributed by atoms with Crippen molar-refractivity contribution >= 4 is 28.9 Å². The van der Waals surface area contributed by atoms with Gasteiger partial charge in [0.25, 0.3) is 0 Å². The van der Waals surface area contributed by atoms with Crippen molar-refractivity contribution < 1.29 is 9.18 Å². The maximum atomic E-state index is 13.3. The highest BCUT2D eigenvalue weighted by atomic mass is 35.5. The van der Waals surface area contributed by atoms with E-state index in [2.05, 4.69) is 5.32 Å². The van der Waals surface area contributed by atoms with Crippen LogP contribution in [0.2, 0.25) is 5.02 Å². The molecule has 98 valence electrons. The first-order chi connectivity index (χ1) is 8.54. The third kappa shape index (κ3) is 2.22. The van der Waals surface area contributed by atoms with Crippen LogP contribution in [-0.2, 0) is 4.79 Å². The predicted molar refractivity (Wildman–Crippen MR) is 70.3 cm³/mol. The smallest absolute Gasteiger partial charge is 0.242 e. The fraction of sp³-hybridized carbons (Fsp3) is 0.417. The molecular weight excluding hydrogens is 257 g/mol. The lowest BCUT2D eigenvalue weighted by Gasteiger charge is -2.27. The number of anilines is 2. The second kappa shape index (κ2) is 5.02. The largest absolute Gasteiger partial charge is 0.397 e. The topological polar surface area (TPSA) is 58.4 Å². The highest BCUT2D eigenvalue weighted by Gasteiger charge is 2.31. The molecule has 1 unspecified atom stereocenters. The molecule has 1 saturated heterocycles. The molecule has 6 heteroatoms. The molecule has 1 fully saturated rings. The van der Waals surface area contributed by atoms with E-state index in [-0.39, 0.29) is 17.0 Å². The van der Waals surface area contributed by atoms with Crippen molar-refractivity contribution in [1.82, 2.24) is 5.32 Å². The number of nitrogens with zero attached hydrogens (tertiary/aromatic N) is 1. The Balaban J connectivity index is 2.36. The number of carbonyl (C=O) groups excluding carboxylic acids is 1. The first-order valence-corrected chi connectivity index (χ1v) is 6.15. The van der Waals surface area contributed by atoms with Crippen molar-refractivity contribution in [2.24, 2.45) is 0 Å². The third-order valence-corrected chi connectivity index (χ3v) is 3.47. The SMILES string of the molecule is CNC(=O)C1CCCN1c1cc(Cl)c(F)cc1N. The van der Waals surface area contributed by atoms with E-state index in [1.807, 2.05) is 4.90 Å². The molecule has 2 rings (SSSR count). The number of hydrogen-bond donors (Lipinski definition) is 2.